The van der Waals surface area contributed by atoms with Gasteiger partial charge in [-0.3, -0.25) is 0 Å². The van der Waals surface area contributed by atoms with Crippen molar-refractivity contribution in [2.45, 2.75) is 33.6 Å². The summed E-state index contributed by atoms with van der Waals surface area (Å²) in [5.74, 6) is 7.50. The molecule has 0 fully saturated rings. The average molecular weight is 243 g/mol. The van der Waals surface area contributed by atoms with E-state index in [0.717, 1.165) is 19.0 Å². The Morgan fingerprint density at radius 1 is 1.11 bits per heavy atom. The fourth-order valence-corrected chi connectivity index (χ4v) is 1.87. The zero-order valence-electron chi connectivity index (χ0n) is 11.9. The van der Waals surface area contributed by atoms with E-state index in [-0.39, 0.29) is 0 Å². The lowest BCUT2D eigenvalue weighted by Gasteiger charge is -2.11. The number of rotatable bonds is 6. The molecule has 0 radical (unpaired) electrons. The number of nitrogens with one attached hydrogen (secondary N) is 1. The van der Waals surface area contributed by atoms with Crippen molar-refractivity contribution < 1.29 is 0 Å². The molecule has 0 saturated heterocycles. The molecule has 0 spiro atoms. The van der Waals surface area contributed by atoms with Gasteiger partial charge in [0.15, 0.2) is 0 Å². The second kappa shape index (κ2) is 8.78. The van der Waals surface area contributed by atoms with E-state index in [9.17, 15) is 0 Å². The Morgan fingerprint density at radius 2 is 1.83 bits per heavy atom. The molecule has 0 amide bonds. The Bertz CT molecular complexity index is 370. The molecule has 0 aliphatic rings. The molecule has 1 heteroatoms. The molecule has 1 N–H and O–H groups in total. The van der Waals surface area contributed by atoms with Crippen LogP contribution in [0.1, 0.15) is 32.8 Å². The van der Waals surface area contributed by atoms with Crippen molar-refractivity contribution in [3.05, 3.63) is 35.9 Å². The highest BCUT2D eigenvalue weighted by molar-refractivity contribution is 5.15. The number of hydrogen-bond donors (Lipinski definition) is 1. The summed E-state index contributed by atoms with van der Waals surface area (Å²) in [6.07, 6.45) is 2.37. The highest BCUT2D eigenvalue weighted by Crippen LogP contribution is 2.10. The van der Waals surface area contributed by atoms with Crippen LogP contribution in [0.2, 0.25) is 0 Å². The minimum absolute atomic E-state index is 0.476. The van der Waals surface area contributed by atoms with Crippen molar-refractivity contribution in [2.75, 3.05) is 13.1 Å². The third kappa shape index (κ3) is 7.14. The van der Waals surface area contributed by atoms with Crippen molar-refractivity contribution in [2.24, 2.45) is 11.8 Å². The van der Waals surface area contributed by atoms with Crippen LogP contribution in [0.3, 0.4) is 0 Å². The third-order valence-electron chi connectivity index (χ3n) is 2.85. The molecule has 1 aromatic rings. The van der Waals surface area contributed by atoms with Crippen molar-refractivity contribution >= 4 is 0 Å². The predicted octanol–water partition coefficient (Wildman–Crippen LogP) is 3.50. The molecule has 18 heavy (non-hydrogen) atoms. The van der Waals surface area contributed by atoms with E-state index in [0.29, 0.717) is 5.92 Å². The van der Waals surface area contributed by atoms with Gasteiger partial charge < -0.3 is 5.32 Å². The van der Waals surface area contributed by atoms with Gasteiger partial charge in [0.1, 0.15) is 0 Å². The molecule has 1 rings (SSSR count). The van der Waals surface area contributed by atoms with E-state index in [1.165, 1.54) is 18.4 Å². The van der Waals surface area contributed by atoms with E-state index in [1.54, 1.807) is 0 Å². The summed E-state index contributed by atoms with van der Waals surface area (Å²) in [5, 5.41) is 3.38. The molecular formula is C17H25N. The highest BCUT2D eigenvalue weighted by Gasteiger charge is 2.02. The maximum atomic E-state index is 3.38. The normalized spacial score (nSPS) is 12.0. The van der Waals surface area contributed by atoms with Gasteiger partial charge in [0.2, 0.25) is 0 Å². The monoisotopic (exact) mass is 243 g/mol. The molecule has 0 aromatic heterocycles. The van der Waals surface area contributed by atoms with Crippen molar-refractivity contribution in [3.63, 3.8) is 0 Å². The van der Waals surface area contributed by atoms with E-state index in [1.807, 2.05) is 0 Å². The smallest absolute Gasteiger partial charge is 0.0576 e. The molecule has 0 saturated carbocycles. The maximum Gasteiger partial charge on any atom is 0.0576 e. The Balaban J connectivity index is 2.11. The molecule has 0 aliphatic heterocycles. The van der Waals surface area contributed by atoms with Crippen LogP contribution in [0.5, 0.6) is 0 Å². The molecule has 1 aromatic carbocycles. The highest BCUT2D eigenvalue weighted by atomic mass is 14.8. The maximum absolute atomic E-state index is 3.38. The van der Waals surface area contributed by atoms with E-state index < -0.39 is 0 Å². The summed E-state index contributed by atoms with van der Waals surface area (Å²) in [6, 6.07) is 10.7. The molecule has 0 aliphatic carbocycles. The van der Waals surface area contributed by atoms with E-state index >= 15 is 0 Å². The standard InChI is InChI=1S/C17H25N/c1-15(2)8-7-12-18-13-11-16(3)14-17-9-5-4-6-10-17/h4-6,9-10,15-16,18H,11-14H2,1-3H3/t16-/m1/s1. The van der Waals surface area contributed by atoms with Gasteiger partial charge in [-0.05, 0) is 30.9 Å². The molecule has 0 bridgehead atoms. The topological polar surface area (TPSA) is 12.0 Å². The molecule has 98 valence electrons. The lowest BCUT2D eigenvalue weighted by Crippen LogP contribution is -2.18. The Labute approximate surface area is 112 Å². The first kappa shape index (κ1) is 14.8. The van der Waals surface area contributed by atoms with Gasteiger partial charge in [-0.1, -0.05) is 62.9 Å². The van der Waals surface area contributed by atoms with E-state index in [4.69, 9.17) is 0 Å². The summed E-state index contributed by atoms with van der Waals surface area (Å²) >= 11 is 0. The van der Waals surface area contributed by atoms with Crippen molar-refractivity contribution in [1.82, 2.24) is 5.32 Å². The van der Waals surface area contributed by atoms with Gasteiger partial charge in [-0.25, -0.2) is 0 Å². The van der Waals surface area contributed by atoms with Crippen LogP contribution in [-0.4, -0.2) is 13.1 Å². The predicted molar refractivity (Wildman–Crippen MR) is 79.4 cm³/mol. The third-order valence-corrected chi connectivity index (χ3v) is 2.85. The number of hydrogen-bond acceptors (Lipinski definition) is 1. The zero-order chi connectivity index (χ0) is 13.2. The second-order valence-electron chi connectivity index (χ2n) is 5.24. The van der Waals surface area contributed by atoms with Crippen LogP contribution in [-0.2, 0) is 6.42 Å². The van der Waals surface area contributed by atoms with E-state index in [2.05, 4.69) is 68.3 Å². The minimum Gasteiger partial charge on any atom is -0.306 e. The van der Waals surface area contributed by atoms with Gasteiger partial charge in [-0.2, -0.15) is 0 Å². The van der Waals surface area contributed by atoms with Crippen LogP contribution < -0.4 is 5.32 Å². The minimum atomic E-state index is 0.476. The molecular weight excluding hydrogens is 218 g/mol. The molecule has 1 atom stereocenters. The van der Waals surface area contributed by atoms with Crippen LogP contribution in [0.4, 0.5) is 0 Å². The van der Waals surface area contributed by atoms with Crippen LogP contribution >= 0.6 is 0 Å². The first-order chi connectivity index (χ1) is 8.68. The van der Waals surface area contributed by atoms with Gasteiger partial charge in [0.25, 0.3) is 0 Å². The van der Waals surface area contributed by atoms with Crippen molar-refractivity contribution in [3.8, 4) is 11.8 Å². The summed E-state index contributed by atoms with van der Waals surface area (Å²) in [4.78, 5) is 0. The lowest BCUT2D eigenvalue weighted by molar-refractivity contribution is 0.509. The Kier molecular flexibility index (Phi) is 7.22. The van der Waals surface area contributed by atoms with Gasteiger partial charge in [0.05, 0.1) is 6.54 Å². The van der Waals surface area contributed by atoms with Crippen LogP contribution in [0.25, 0.3) is 0 Å². The summed E-state index contributed by atoms with van der Waals surface area (Å²) in [7, 11) is 0. The Morgan fingerprint density at radius 3 is 2.50 bits per heavy atom. The fraction of sp³-hybridized carbons (Fsp3) is 0.529. The van der Waals surface area contributed by atoms with Crippen molar-refractivity contribution in [1.29, 1.82) is 0 Å². The second-order valence-corrected chi connectivity index (χ2v) is 5.24. The number of benzene rings is 1. The van der Waals surface area contributed by atoms with Gasteiger partial charge >= 0.3 is 0 Å². The molecule has 0 unspecified atom stereocenters. The summed E-state index contributed by atoms with van der Waals surface area (Å²) < 4.78 is 0. The lowest BCUT2D eigenvalue weighted by atomic mass is 9.98. The first-order valence-corrected chi connectivity index (χ1v) is 6.91. The zero-order valence-corrected chi connectivity index (χ0v) is 11.9. The van der Waals surface area contributed by atoms with Gasteiger partial charge in [-0.15, -0.1) is 0 Å². The average Bonchev–Trinajstić information content (AvgIpc) is 2.34. The van der Waals surface area contributed by atoms with Gasteiger partial charge in [0, 0.05) is 5.92 Å². The first-order valence-electron chi connectivity index (χ1n) is 6.91. The Hall–Kier alpha value is -1.26. The summed E-state index contributed by atoms with van der Waals surface area (Å²) in [6.45, 7) is 8.43. The summed E-state index contributed by atoms with van der Waals surface area (Å²) in [5.41, 5.74) is 1.43. The fourth-order valence-electron chi connectivity index (χ4n) is 1.87. The largest absolute Gasteiger partial charge is 0.306 e. The molecule has 1 nitrogen and oxygen atoms in total. The quantitative estimate of drug-likeness (QED) is 0.595. The SMILES string of the molecule is CC(C)C#CCNCC[C@@H](C)Cc1ccccc1. The van der Waals surface area contributed by atoms with Crippen LogP contribution in [0.15, 0.2) is 30.3 Å². The van der Waals surface area contributed by atoms with Crippen LogP contribution in [0, 0.1) is 23.7 Å². The molecule has 0 heterocycles.